The van der Waals surface area contributed by atoms with Gasteiger partial charge in [-0.3, -0.25) is 0 Å². The van der Waals surface area contributed by atoms with Gasteiger partial charge in [-0.25, -0.2) is 0 Å². The molecule has 0 radical (unpaired) electrons. The third kappa shape index (κ3) is 1.90. The van der Waals surface area contributed by atoms with Gasteiger partial charge in [-0.15, -0.1) is 0 Å². The SMILES string of the molecule is COc1cc(C)cc([C@@H]2CCCN2)c1. The zero-order valence-corrected chi connectivity index (χ0v) is 8.84. The normalized spacial score (nSPS) is 21.1. The first-order chi connectivity index (χ1) is 6.79. The van der Waals surface area contributed by atoms with Gasteiger partial charge in [0, 0.05) is 6.04 Å². The van der Waals surface area contributed by atoms with E-state index in [4.69, 9.17) is 4.74 Å². The minimum atomic E-state index is 0.531. The number of methoxy groups -OCH3 is 1. The Bertz CT molecular complexity index is 316. The lowest BCUT2D eigenvalue weighted by Gasteiger charge is -2.13. The maximum absolute atomic E-state index is 5.27. The van der Waals surface area contributed by atoms with Gasteiger partial charge in [0.2, 0.25) is 0 Å². The minimum absolute atomic E-state index is 0.531. The van der Waals surface area contributed by atoms with Crippen LogP contribution >= 0.6 is 0 Å². The lowest BCUT2D eigenvalue weighted by Crippen LogP contribution is -2.12. The van der Waals surface area contributed by atoms with E-state index in [9.17, 15) is 0 Å². The van der Waals surface area contributed by atoms with Crippen molar-refractivity contribution < 1.29 is 4.74 Å². The summed E-state index contributed by atoms with van der Waals surface area (Å²) in [6, 6.07) is 6.98. The maximum atomic E-state index is 5.27. The number of nitrogens with one attached hydrogen (secondary N) is 1. The van der Waals surface area contributed by atoms with Crippen LogP contribution in [0.3, 0.4) is 0 Å². The fourth-order valence-corrected chi connectivity index (χ4v) is 2.06. The van der Waals surface area contributed by atoms with Gasteiger partial charge in [-0.1, -0.05) is 6.07 Å². The average Bonchev–Trinajstić information content (AvgIpc) is 2.69. The molecule has 14 heavy (non-hydrogen) atoms. The summed E-state index contributed by atoms with van der Waals surface area (Å²) in [6.45, 7) is 3.25. The van der Waals surface area contributed by atoms with E-state index in [-0.39, 0.29) is 0 Å². The first-order valence-corrected chi connectivity index (χ1v) is 5.18. The van der Waals surface area contributed by atoms with Crippen LogP contribution in [0.5, 0.6) is 5.75 Å². The molecular formula is C12H17NO. The van der Waals surface area contributed by atoms with Gasteiger partial charge in [0.15, 0.2) is 0 Å². The quantitative estimate of drug-likeness (QED) is 0.775. The summed E-state index contributed by atoms with van der Waals surface area (Å²) in [5.74, 6) is 0.966. The van der Waals surface area contributed by atoms with Crippen molar-refractivity contribution in [3.8, 4) is 5.75 Å². The molecule has 1 atom stereocenters. The van der Waals surface area contributed by atoms with Gasteiger partial charge in [0.05, 0.1) is 7.11 Å². The van der Waals surface area contributed by atoms with Crippen LogP contribution in [0, 0.1) is 6.92 Å². The van der Waals surface area contributed by atoms with Crippen LogP contribution in [0.25, 0.3) is 0 Å². The average molecular weight is 191 g/mol. The molecule has 2 heteroatoms. The highest BCUT2D eigenvalue weighted by atomic mass is 16.5. The molecule has 2 rings (SSSR count). The zero-order valence-electron chi connectivity index (χ0n) is 8.84. The second kappa shape index (κ2) is 4.01. The van der Waals surface area contributed by atoms with Gasteiger partial charge < -0.3 is 10.1 Å². The van der Waals surface area contributed by atoms with E-state index in [1.807, 2.05) is 0 Å². The number of hydrogen-bond donors (Lipinski definition) is 1. The van der Waals surface area contributed by atoms with E-state index >= 15 is 0 Å². The molecular weight excluding hydrogens is 174 g/mol. The number of rotatable bonds is 2. The van der Waals surface area contributed by atoms with Crippen molar-refractivity contribution in [1.82, 2.24) is 5.32 Å². The van der Waals surface area contributed by atoms with Gasteiger partial charge in [-0.2, -0.15) is 0 Å². The Labute approximate surface area is 85.3 Å². The molecule has 1 N–H and O–H groups in total. The minimum Gasteiger partial charge on any atom is -0.497 e. The standard InChI is InChI=1S/C12H17NO/c1-9-6-10(8-11(7-9)14-2)12-4-3-5-13-12/h6-8,12-13H,3-5H2,1-2H3/t12-/m0/s1. The molecule has 1 aromatic carbocycles. The summed E-state index contributed by atoms with van der Waals surface area (Å²) >= 11 is 0. The number of ether oxygens (including phenoxy) is 1. The molecule has 76 valence electrons. The van der Waals surface area contributed by atoms with E-state index in [1.165, 1.54) is 24.0 Å². The zero-order chi connectivity index (χ0) is 9.97. The summed E-state index contributed by atoms with van der Waals surface area (Å²) in [7, 11) is 1.72. The molecule has 1 aliphatic rings. The van der Waals surface area contributed by atoms with Gasteiger partial charge in [0.25, 0.3) is 0 Å². The van der Waals surface area contributed by atoms with E-state index in [0.717, 1.165) is 12.3 Å². The molecule has 0 spiro atoms. The molecule has 0 amide bonds. The molecule has 0 unspecified atom stereocenters. The molecule has 1 heterocycles. The van der Waals surface area contributed by atoms with Gasteiger partial charge in [0.1, 0.15) is 5.75 Å². The lowest BCUT2D eigenvalue weighted by atomic mass is 10.0. The first kappa shape index (κ1) is 9.53. The van der Waals surface area contributed by atoms with Gasteiger partial charge >= 0.3 is 0 Å². The molecule has 0 aliphatic carbocycles. The molecule has 0 saturated carbocycles. The van der Waals surface area contributed by atoms with E-state index in [2.05, 4.69) is 30.4 Å². The van der Waals surface area contributed by atoms with E-state index in [0.29, 0.717) is 6.04 Å². The van der Waals surface area contributed by atoms with Crippen LogP contribution in [0.2, 0.25) is 0 Å². The van der Waals surface area contributed by atoms with Crippen LogP contribution < -0.4 is 10.1 Å². The highest BCUT2D eigenvalue weighted by Gasteiger charge is 2.16. The second-order valence-electron chi connectivity index (χ2n) is 3.93. The van der Waals surface area contributed by atoms with Crippen molar-refractivity contribution in [3.05, 3.63) is 29.3 Å². The first-order valence-electron chi connectivity index (χ1n) is 5.18. The fraction of sp³-hybridized carbons (Fsp3) is 0.500. The Morgan fingerprint density at radius 3 is 2.86 bits per heavy atom. The van der Waals surface area contributed by atoms with Crippen molar-refractivity contribution in [2.45, 2.75) is 25.8 Å². The van der Waals surface area contributed by atoms with Crippen molar-refractivity contribution in [2.24, 2.45) is 0 Å². The third-order valence-corrected chi connectivity index (χ3v) is 2.77. The largest absolute Gasteiger partial charge is 0.497 e. The molecule has 1 fully saturated rings. The van der Waals surface area contributed by atoms with Crippen molar-refractivity contribution in [2.75, 3.05) is 13.7 Å². The predicted octanol–water partition coefficient (Wildman–Crippen LogP) is 2.43. The number of aryl methyl sites for hydroxylation is 1. The summed E-state index contributed by atoms with van der Waals surface area (Å²) in [5, 5.41) is 3.50. The van der Waals surface area contributed by atoms with Crippen LogP contribution in [0.4, 0.5) is 0 Å². The Morgan fingerprint density at radius 2 is 2.21 bits per heavy atom. The maximum Gasteiger partial charge on any atom is 0.119 e. The van der Waals surface area contributed by atoms with Crippen molar-refractivity contribution in [1.29, 1.82) is 0 Å². The number of benzene rings is 1. The van der Waals surface area contributed by atoms with Crippen molar-refractivity contribution in [3.63, 3.8) is 0 Å². The van der Waals surface area contributed by atoms with Crippen LogP contribution in [-0.4, -0.2) is 13.7 Å². The topological polar surface area (TPSA) is 21.3 Å². The van der Waals surface area contributed by atoms with Crippen molar-refractivity contribution >= 4 is 0 Å². The molecule has 0 bridgehead atoms. The highest BCUT2D eigenvalue weighted by Crippen LogP contribution is 2.27. The summed E-state index contributed by atoms with van der Waals surface area (Å²) in [5.41, 5.74) is 2.63. The van der Waals surface area contributed by atoms with Crippen LogP contribution in [-0.2, 0) is 0 Å². The van der Waals surface area contributed by atoms with Crippen LogP contribution in [0.1, 0.15) is 30.0 Å². The lowest BCUT2D eigenvalue weighted by molar-refractivity contribution is 0.413. The Hall–Kier alpha value is -1.02. The fourth-order valence-electron chi connectivity index (χ4n) is 2.06. The summed E-state index contributed by atoms with van der Waals surface area (Å²) in [6.07, 6.45) is 2.52. The predicted molar refractivity (Wildman–Crippen MR) is 57.7 cm³/mol. The molecule has 2 nitrogen and oxygen atoms in total. The van der Waals surface area contributed by atoms with Gasteiger partial charge in [-0.05, 0) is 49.6 Å². The van der Waals surface area contributed by atoms with Crippen LogP contribution in [0.15, 0.2) is 18.2 Å². The highest BCUT2D eigenvalue weighted by molar-refractivity contribution is 5.35. The Morgan fingerprint density at radius 1 is 1.36 bits per heavy atom. The molecule has 0 aromatic heterocycles. The molecule has 1 aliphatic heterocycles. The Kier molecular flexibility index (Phi) is 2.73. The number of hydrogen-bond acceptors (Lipinski definition) is 2. The second-order valence-corrected chi connectivity index (χ2v) is 3.93. The summed E-state index contributed by atoms with van der Waals surface area (Å²) in [4.78, 5) is 0. The molecule has 1 aromatic rings. The summed E-state index contributed by atoms with van der Waals surface area (Å²) < 4.78 is 5.27. The third-order valence-electron chi connectivity index (χ3n) is 2.77. The monoisotopic (exact) mass is 191 g/mol. The van der Waals surface area contributed by atoms with E-state index in [1.54, 1.807) is 7.11 Å². The van der Waals surface area contributed by atoms with E-state index < -0.39 is 0 Å². The smallest absolute Gasteiger partial charge is 0.119 e. The molecule has 1 saturated heterocycles. The Balaban J connectivity index is 2.27.